The normalized spacial score (nSPS) is 18.6. The Morgan fingerprint density at radius 2 is 1.84 bits per heavy atom. The predicted octanol–water partition coefficient (Wildman–Crippen LogP) is 6.10. The first-order valence-electron chi connectivity index (χ1n) is 16.1. The molecule has 5 aliphatic heterocycles. The van der Waals surface area contributed by atoms with Crippen LogP contribution in [0.15, 0.2) is 82.8 Å². The molecule has 12 nitrogen and oxygen atoms in total. The summed E-state index contributed by atoms with van der Waals surface area (Å²) in [5.74, 6) is 0.714. The highest BCUT2D eigenvalue weighted by Gasteiger charge is 2.32. The van der Waals surface area contributed by atoms with Crippen molar-refractivity contribution in [3.63, 3.8) is 0 Å². The molecule has 0 saturated carbocycles. The number of hydrogen-bond donors (Lipinski definition) is 3. The van der Waals surface area contributed by atoms with Crippen molar-refractivity contribution in [3.05, 3.63) is 88.9 Å². The number of ether oxygens (including phenoxy) is 3. The Bertz CT molecular complexity index is 1740. The Labute approximate surface area is 298 Å². The number of anilines is 1. The average molecular weight is 730 g/mol. The van der Waals surface area contributed by atoms with Crippen LogP contribution in [0.2, 0.25) is 5.02 Å². The van der Waals surface area contributed by atoms with Crippen LogP contribution in [0.25, 0.3) is 0 Å². The van der Waals surface area contributed by atoms with Crippen LogP contribution in [0, 0.1) is 5.41 Å². The second-order valence-electron chi connectivity index (χ2n) is 12.7. The molecular formula is C35H39ClF3N7O5. The highest BCUT2D eigenvalue weighted by molar-refractivity contribution is 6.32. The molecule has 0 saturated heterocycles. The van der Waals surface area contributed by atoms with Gasteiger partial charge in [-0.25, -0.2) is 9.79 Å². The van der Waals surface area contributed by atoms with Crippen LogP contribution >= 0.6 is 11.6 Å². The molecule has 51 heavy (non-hydrogen) atoms. The molecule has 1 atom stereocenters. The van der Waals surface area contributed by atoms with Crippen molar-refractivity contribution in [1.82, 2.24) is 20.4 Å². The number of halogens is 4. The maximum Gasteiger partial charge on any atom is 0.422 e. The van der Waals surface area contributed by atoms with Crippen LogP contribution in [-0.2, 0) is 11.3 Å². The lowest BCUT2D eigenvalue weighted by atomic mass is 9.92. The minimum Gasteiger partial charge on any atom is -0.492 e. The Hall–Kier alpha value is -5.18. The lowest BCUT2D eigenvalue weighted by Crippen LogP contribution is -2.55. The van der Waals surface area contributed by atoms with E-state index in [1.165, 1.54) is 0 Å². The van der Waals surface area contributed by atoms with E-state index in [9.17, 15) is 22.8 Å². The first-order valence-corrected chi connectivity index (χ1v) is 16.5. The van der Waals surface area contributed by atoms with Crippen molar-refractivity contribution in [1.29, 1.82) is 0 Å². The summed E-state index contributed by atoms with van der Waals surface area (Å²) in [7, 11) is 1.66. The van der Waals surface area contributed by atoms with Crippen LogP contribution in [0.1, 0.15) is 36.2 Å². The van der Waals surface area contributed by atoms with E-state index in [2.05, 4.69) is 25.9 Å². The van der Waals surface area contributed by atoms with Crippen LogP contribution in [-0.4, -0.2) is 86.1 Å². The number of amides is 2. The molecule has 6 bridgehead atoms. The fourth-order valence-electron chi connectivity index (χ4n) is 5.15. The van der Waals surface area contributed by atoms with Gasteiger partial charge in [-0.2, -0.15) is 18.2 Å². The molecule has 16 heteroatoms. The Kier molecular flexibility index (Phi) is 11.8. The van der Waals surface area contributed by atoms with Crippen LogP contribution in [0.4, 0.5) is 23.7 Å². The molecule has 5 heterocycles. The van der Waals surface area contributed by atoms with Gasteiger partial charge in [0.25, 0.3) is 11.9 Å². The molecule has 3 N–H and O–H groups in total. The number of guanidine groups is 1. The lowest BCUT2D eigenvalue weighted by Gasteiger charge is -2.34. The third-order valence-corrected chi connectivity index (χ3v) is 8.06. The van der Waals surface area contributed by atoms with Crippen molar-refractivity contribution in [3.8, 4) is 11.5 Å². The second kappa shape index (κ2) is 16.2. The summed E-state index contributed by atoms with van der Waals surface area (Å²) in [6.07, 6.45) is -5.55. The first kappa shape index (κ1) is 37.1. The summed E-state index contributed by atoms with van der Waals surface area (Å²) in [6, 6.07) is 20.1. The Morgan fingerprint density at radius 3 is 2.55 bits per heavy atom. The van der Waals surface area contributed by atoms with E-state index in [4.69, 9.17) is 25.8 Å². The highest BCUT2D eigenvalue weighted by Crippen LogP contribution is 2.27. The van der Waals surface area contributed by atoms with Gasteiger partial charge in [-0.1, -0.05) is 49.7 Å². The maximum atomic E-state index is 13.3. The van der Waals surface area contributed by atoms with Crippen molar-refractivity contribution in [2.75, 3.05) is 45.2 Å². The van der Waals surface area contributed by atoms with Gasteiger partial charge >= 0.3 is 12.3 Å². The topological polar surface area (TPSA) is 129 Å². The number of amidine groups is 1. The van der Waals surface area contributed by atoms with E-state index in [1.54, 1.807) is 83.6 Å². The largest absolute Gasteiger partial charge is 0.492 e. The van der Waals surface area contributed by atoms with Gasteiger partial charge in [-0.05, 0) is 65.9 Å². The van der Waals surface area contributed by atoms with Gasteiger partial charge in [0.1, 0.15) is 11.5 Å². The summed E-state index contributed by atoms with van der Waals surface area (Å²) >= 11 is 6.55. The summed E-state index contributed by atoms with van der Waals surface area (Å²) < 4.78 is 55.4. The quantitative estimate of drug-likeness (QED) is 0.289. The zero-order valence-corrected chi connectivity index (χ0v) is 29.1. The molecule has 5 aliphatic rings. The van der Waals surface area contributed by atoms with E-state index < -0.39 is 30.6 Å². The summed E-state index contributed by atoms with van der Waals surface area (Å²) in [6.45, 7) is 3.52. The minimum atomic E-state index is -4.58. The van der Waals surface area contributed by atoms with E-state index in [1.807, 2.05) is 19.9 Å². The van der Waals surface area contributed by atoms with Gasteiger partial charge in [-0.15, -0.1) is 0 Å². The molecule has 2 amide bonds. The molecule has 0 radical (unpaired) electrons. The Morgan fingerprint density at radius 1 is 1.10 bits per heavy atom. The van der Waals surface area contributed by atoms with Gasteiger partial charge in [0, 0.05) is 37.9 Å². The fourth-order valence-corrected chi connectivity index (χ4v) is 5.40. The molecule has 1 unspecified atom stereocenters. The zero-order chi connectivity index (χ0) is 36.6. The number of aliphatic imine (C=N–C) groups is 2. The van der Waals surface area contributed by atoms with Crippen LogP contribution < -0.4 is 25.4 Å². The predicted molar refractivity (Wildman–Crippen MR) is 187 cm³/mol. The van der Waals surface area contributed by atoms with Crippen molar-refractivity contribution < 1.29 is 37.0 Å². The third kappa shape index (κ3) is 10.9. The monoisotopic (exact) mass is 729 g/mol. The molecule has 3 aromatic rings. The molecule has 0 aliphatic carbocycles. The van der Waals surface area contributed by atoms with Gasteiger partial charge in [0.05, 0.1) is 18.2 Å². The summed E-state index contributed by atoms with van der Waals surface area (Å²) in [5.41, 5.74) is 1.07. The van der Waals surface area contributed by atoms with Crippen LogP contribution in [0.5, 0.6) is 11.5 Å². The number of para-hydroxylation sites is 1. The van der Waals surface area contributed by atoms with Gasteiger partial charge < -0.3 is 34.6 Å². The maximum absolute atomic E-state index is 13.3. The number of rotatable bonds is 2. The molecule has 0 spiro atoms. The fraction of sp³-hybridized carbons (Fsp3) is 0.371. The average Bonchev–Trinajstić information content (AvgIpc) is 3.09. The van der Waals surface area contributed by atoms with Crippen molar-refractivity contribution >= 4 is 41.3 Å². The second-order valence-corrected chi connectivity index (χ2v) is 13.1. The first-order chi connectivity index (χ1) is 24.2. The number of hydrogen-bond acceptors (Lipinski definition) is 10. The summed E-state index contributed by atoms with van der Waals surface area (Å²) in [4.78, 5) is 38.5. The SMILES string of the molecule is CN1C2=NCc3ccc(c(Cl)c3)OCCCN(C(=O)Oc3ccccc3)CC(C)(C)CNC(=O)c3ccc(cc3)NC1N=C(OCC(F)(F)F)N2. The van der Waals surface area contributed by atoms with Gasteiger partial charge in [0.2, 0.25) is 12.2 Å². The number of alkyl halides is 3. The molecule has 0 aromatic heterocycles. The smallest absolute Gasteiger partial charge is 0.422 e. The van der Waals surface area contributed by atoms with Gasteiger partial charge in [0.15, 0.2) is 6.61 Å². The van der Waals surface area contributed by atoms with E-state index in [0.29, 0.717) is 46.3 Å². The number of benzene rings is 3. The van der Waals surface area contributed by atoms with E-state index >= 15 is 0 Å². The molecular weight excluding hydrogens is 691 g/mol. The van der Waals surface area contributed by atoms with Crippen molar-refractivity contribution in [2.45, 2.75) is 39.3 Å². The van der Waals surface area contributed by atoms with Crippen molar-refractivity contribution in [2.24, 2.45) is 15.4 Å². The zero-order valence-electron chi connectivity index (χ0n) is 28.3. The molecule has 8 rings (SSSR count). The third-order valence-electron chi connectivity index (χ3n) is 7.77. The van der Waals surface area contributed by atoms with Gasteiger partial charge in [-0.3, -0.25) is 10.1 Å². The highest BCUT2D eigenvalue weighted by atomic mass is 35.5. The Balaban J connectivity index is 1.39. The molecule has 0 fully saturated rings. The van der Waals surface area contributed by atoms with Crippen LogP contribution in [0.3, 0.4) is 0 Å². The number of carbonyl (C=O) groups excluding carboxylic acids is 2. The number of nitrogens with zero attached hydrogens (tertiary/aromatic N) is 4. The standard InChI is InChI=1S/C35H39ClF3N7O5/c1-34(2)20-41-29(47)24-11-13-25(14-12-24)42-31-44-32(50-22-35(37,38)39)43-30(45(31)3)40-19-23-10-15-28(27(36)18-23)49-17-7-16-46(21-34)33(48)51-26-8-5-4-6-9-26/h4-6,8-15,18,31,42H,7,16-17,19-22H2,1-3H3,(H,41,47)(H,40,43,44). The van der Waals surface area contributed by atoms with E-state index in [-0.39, 0.29) is 44.1 Å². The number of nitrogens with one attached hydrogen (secondary N) is 3. The molecule has 3 aromatic carbocycles. The molecule has 272 valence electrons. The lowest BCUT2D eigenvalue weighted by molar-refractivity contribution is -0.156. The number of carbonyl (C=O) groups is 2. The minimum absolute atomic E-state index is 0.115. The summed E-state index contributed by atoms with van der Waals surface area (Å²) in [5, 5.41) is 9.13. The van der Waals surface area contributed by atoms with E-state index in [0.717, 1.165) is 0 Å².